The highest BCUT2D eigenvalue weighted by molar-refractivity contribution is 6.14. The van der Waals surface area contributed by atoms with Crippen molar-refractivity contribution in [1.82, 2.24) is 5.32 Å². The van der Waals surface area contributed by atoms with E-state index in [1.165, 1.54) is 0 Å². The molecule has 0 aromatic heterocycles. The highest BCUT2D eigenvalue weighted by Crippen LogP contribution is 2.52. The summed E-state index contributed by atoms with van der Waals surface area (Å²) in [7, 11) is 0. The fourth-order valence-electron chi connectivity index (χ4n) is 5.52. The molecule has 1 spiro atoms. The molecule has 1 aliphatic carbocycles. The van der Waals surface area contributed by atoms with Crippen LogP contribution in [0.4, 0.5) is 5.69 Å². The van der Waals surface area contributed by atoms with Gasteiger partial charge in [0.15, 0.2) is 11.4 Å². The van der Waals surface area contributed by atoms with Crippen LogP contribution >= 0.6 is 0 Å². The number of fused-ring (bicyclic) bond motifs is 2. The number of Topliss-reactive ketones (excluding diaryl/α,β-unsaturated/α-hetero) is 1. The summed E-state index contributed by atoms with van der Waals surface area (Å²) in [5.41, 5.74) is 2.37. The minimum absolute atomic E-state index is 0.00527. The SMILES string of the molecule is O=C1OC2(CCNC2)c2cccc(C(=O)C3(c4ccc(N5CCCC5=O)cc4)CC3)c21. The molecular formula is C25H24N2O4. The van der Waals surface area contributed by atoms with E-state index in [0.29, 0.717) is 24.1 Å². The van der Waals surface area contributed by atoms with Crippen molar-refractivity contribution < 1.29 is 19.1 Å². The van der Waals surface area contributed by atoms with Gasteiger partial charge in [-0.3, -0.25) is 9.59 Å². The van der Waals surface area contributed by atoms with Gasteiger partial charge >= 0.3 is 5.97 Å². The second-order valence-electron chi connectivity index (χ2n) is 9.15. The van der Waals surface area contributed by atoms with Gasteiger partial charge in [0.05, 0.1) is 11.0 Å². The average molecular weight is 416 g/mol. The van der Waals surface area contributed by atoms with Crippen molar-refractivity contribution in [3.63, 3.8) is 0 Å². The van der Waals surface area contributed by atoms with Crippen molar-refractivity contribution in [2.75, 3.05) is 24.5 Å². The smallest absolute Gasteiger partial charge is 0.340 e. The van der Waals surface area contributed by atoms with E-state index in [4.69, 9.17) is 4.74 Å². The van der Waals surface area contributed by atoms with Gasteiger partial charge in [-0.2, -0.15) is 0 Å². The zero-order valence-corrected chi connectivity index (χ0v) is 17.3. The Bertz CT molecular complexity index is 1110. The Morgan fingerprint density at radius 1 is 1.03 bits per heavy atom. The molecule has 31 heavy (non-hydrogen) atoms. The Kier molecular flexibility index (Phi) is 3.93. The molecule has 6 heteroatoms. The van der Waals surface area contributed by atoms with E-state index >= 15 is 0 Å². The molecule has 1 unspecified atom stereocenters. The van der Waals surface area contributed by atoms with Gasteiger partial charge in [0.2, 0.25) is 5.91 Å². The summed E-state index contributed by atoms with van der Waals surface area (Å²) in [6.07, 6.45) is 3.73. The molecule has 2 aromatic rings. The van der Waals surface area contributed by atoms with Crippen LogP contribution in [0.15, 0.2) is 42.5 Å². The van der Waals surface area contributed by atoms with Crippen molar-refractivity contribution in [2.24, 2.45) is 0 Å². The number of esters is 1. The van der Waals surface area contributed by atoms with Crippen molar-refractivity contribution in [1.29, 1.82) is 0 Å². The van der Waals surface area contributed by atoms with Crippen LogP contribution in [-0.2, 0) is 20.5 Å². The number of hydrogen-bond acceptors (Lipinski definition) is 5. The Balaban J connectivity index is 1.35. The van der Waals surface area contributed by atoms with Crippen LogP contribution in [0.5, 0.6) is 0 Å². The molecular weight excluding hydrogens is 392 g/mol. The molecule has 4 aliphatic rings. The van der Waals surface area contributed by atoms with Gasteiger partial charge in [0.25, 0.3) is 0 Å². The minimum atomic E-state index is -0.636. The number of anilines is 1. The highest BCUT2D eigenvalue weighted by Gasteiger charge is 2.54. The van der Waals surface area contributed by atoms with Gasteiger partial charge in [-0.15, -0.1) is 0 Å². The third kappa shape index (κ3) is 2.64. The summed E-state index contributed by atoms with van der Waals surface area (Å²) in [6, 6.07) is 13.4. The summed E-state index contributed by atoms with van der Waals surface area (Å²) in [4.78, 5) is 40.4. The number of ether oxygens (including phenoxy) is 1. The van der Waals surface area contributed by atoms with E-state index in [0.717, 1.165) is 55.6 Å². The van der Waals surface area contributed by atoms with Gasteiger partial charge < -0.3 is 15.0 Å². The van der Waals surface area contributed by atoms with Gasteiger partial charge in [0, 0.05) is 42.7 Å². The number of rotatable bonds is 4. The fraction of sp³-hybridized carbons (Fsp3) is 0.400. The lowest BCUT2D eigenvalue weighted by atomic mass is 9.82. The molecule has 2 saturated heterocycles. The van der Waals surface area contributed by atoms with Crippen molar-refractivity contribution in [2.45, 2.75) is 43.1 Å². The monoisotopic (exact) mass is 416 g/mol. The summed E-state index contributed by atoms with van der Waals surface area (Å²) in [5.74, 6) is -0.241. The second kappa shape index (κ2) is 6.50. The molecule has 1 saturated carbocycles. The van der Waals surface area contributed by atoms with E-state index in [9.17, 15) is 14.4 Å². The lowest BCUT2D eigenvalue weighted by molar-refractivity contribution is -0.117. The zero-order valence-electron chi connectivity index (χ0n) is 17.3. The third-order valence-corrected chi connectivity index (χ3v) is 7.40. The molecule has 6 rings (SSSR count). The largest absolute Gasteiger partial charge is 0.449 e. The van der Waals surface area contributed by atoms with Gasteiger partial charge in [-0.05, 0) is 43.5 Å². The maximum absolute atomic E-state index is 13.7. The molecule has 0 radical (unpaired) electrons. The molecule has 3 aliphatic heterocycles. The van der Waals surface area contributed by atoms with Crippen molar-refractivity contribution in [3.05, 3.63) is 64.7 Å². The Morgan fingerprint density at radius 2 is 1.84 bits per heavy atom. The second-order valence-corrected chi connectivity index (χ2v) is 9.15. The fourth-order valence-corrected chi connectivity index (χ4v) is 5.52. The first-order valence-electron chi connectivity index (χ1n) is 11.1. The van der Waals surface area contributed by atoms with Crippen LogP contribution in [0.2, 0.25) is 0 Å². The number of benzene rings is 2. The predicted octanol–water partition coefficient (Wildman–Crippen LogP) is 3.09. The first-order valence-corrected chi connectivity index (χ1v) is 11.1. The number of nitrogens with zero attached hydrogens (tertiary/aromatic N) is 1. The maximum atomic E-state index is 13.7. The number of nitrogens with one attached hydrogen (secondary N) is 1. The zero-order chi connectivity index (χ0) is 21.2. The summed E-state index contributed by atoms with van der Waals surface area (Å²) < 4.78 is 5.80. The van der Waals surface area contributed by atoms with Crippen molar-refractivity contribution in [3.8, 4) is 0 Å². The van der Waals surface area contributed by atoms with Crippen LogP contribution in [0, 0.1) is 0 Å². The number of amides is 1. The van der Waals surface area contributed by atoms with Gasteiger partial charge in [-0.1, -0.05) is 30.3 Å². The third-order valence-electron chi connectivity index (χ3n) is 7.40. The first-order chi connectivity index (χ1) is 15.0. The van der Waals surface area contributed by atoms with Crippen LogP contribution in [0.1, 0.15) is 63.9 Å². The summed E-state index contributed by atoms with van der Waals surface area (Å²) >= 11 is 0. The predicted molar refractivity (Wildman–Crippen MR) is 114 cm³/mol. The Hall–Kier alpha value is -2.99. The van der Waals surface area contributed by atoms with Crippen LogP contribution in [-0.4, -0.2) is 37.3 Å². The Morgan fingerprint density at radius 3 is 2.48 bits per heavy atom. The van der Waals surface area contributed by atoms with E-state index in [1.807, 2.05) is 36.4 Å². The minimum Gasteiger partial charge on any atom is -0.449 e. The molecule has 158 valence electrons. The number of hydrogen-bond donors (Lipinski definition) is 1. The average Bonchev–Trinajstić information content (AvgIpc) is 3.11. The number of carbonyl (C=O) groups is 3. The number of ketones is 1. The number of carbonyl (C=O) groups excluding carboxylic acids is 3. The molecule has 0 bridgehead atoms. The maximum Gasteiger partial charge on any atom is 0.340 e. The molecule has 2 aromatic carbocycles. The summed E-state index contributed by atoms with van der Waals surface area (Å²) in [6.45, 7) is 2.13. The first kappa shape index (κ1) is 18.8. The molecule has 6 nitrogen and oxygen atoms in total. The molecule has 3 heterocycles. The normalized spacial score (nSPS) is 25.7. The van der Waals surface area contributed by atoms with E-state index in [2.05, 4.69) is 5.32 Å². The van der Waals surface area contributed by atoms with Crippen molar-refractivity contribution >= 4 is 23.3 Å². The van der Waals surface area contributed by atoms with Gasteiger partial charge in [0.1, 0.15) is 0 Å². The highest BCUT2D eigenvalue weighted by atomic mass is 16.6. The van der Waals surface area contributed by atoms with Crippen LogP contribution < -0.4 is 10.2 Å². The topological polar surface area (TPSA) is 75.7 Å². The Labute approximate surface area is 180 Å². The van der Waals surface area contributed by atoms with E-state index in [1.54, 1.807) is 11.0 Å². The summed E-state index contributed by atoms with van der Waals surface area (Å²) in [5, 5.41) is 3.27. The van der Waals surface area contributed by atoms with E-state index < -0.39 is 11.0 Å². The molecule has 1 amide bonds. The standard InChI is InChI=1S/C25H24N2O4/c28-20-5-2-14-27(20)17-8-6-16(7-9-17)24(10-11-24)22(29)18-3-1-4-19-21(18)23(30)31-25(19)12-13-26-15-25/h1,3-4,6-9,26H,2,5,10-15H2. The van der Waals surface area contributed by atoms with Gasteiger partial charge in [-0.25, -0.2) is 4.79 Å². The van der Waals surface area contributed by atoms with Crippen LogP contribution in [0.25, 0.3) is 0 Å². The molecule has 1 atom stereocenters. The van der Waals surface area contributed by atoms with Crippen LogP contribution in [0.3, 0.4) is 0 Å². The lowest BCUT2D eigenvalue weighted by Crippen LogP contribution is -2.28. The van der Waals surface area contributed by atoms with E-state index in [-0.39, 0.29) is 17.7 Å². The molecule has 1 N–H and O–H groups in total. The quantitative estimate of drug-likeness (QED) is 0.612. The molecule has 3 fully saturated rings. The lowest BCUT2D eigenvalue weighted by Gasteiger charge is -2.22.